The van der Waals surface area contributed by atoms with Gasteiger partial charge in [0.2, 0.25) is 11.8 Å². The van der Waals surface area contributed by atoms with Crippen molar-refractivity contribution in [3.8, 4) is 0 Å². The smallest absolute Gasteiger partial charge is 0.264 e. The lowest BCUT2D eigenvalue weighted by molar-refractivity contribution is -0.140. The van der Waals surface area contributed by atoms with Gasteiger partial charge in [-0.25, -0.2) is 8.42 Å². The van der Waals surface area contributed by atoms with Crippen molar-refractivity contribution in [2.24, 2.45) is 0 Å². The summed E-state index contributed by atoms with van der Waals surface area (Å²) in [6, 6.07) is 33.0. The van der Waals surface area contributed by atoms with Crippen molar-refractivity contribution in [2.45, 2.75) is 57.1 Å². The highest BCUT2D eigenvalue weighted by Crippen LogP contribution is 2.25. The molecule has 4 aromatic rings. The van der Waals surface area contributed by atoms with Gasteiger partial charge in [0.15, 0.2) is 0 Å². The Balaban J connectivity index is 1.79. The predicted molar refractivity (Wildman–Crippen MR) is 171 cm³/mol. The van der Waals surface area contributed by atoms with Crippen LogP contribution in [-0.2, 0) is 32.6 Å². The van der Waals surface area contributed by atoms with Crippen LogP contribution in [0.15, 0.2) is 120 Å². The first-order valence-corrected chi connectivity index (χ1v) is 15.9. The summed E-state index contributed by atoms with van der Waals surface area (Å²) in [4.78, 5) is 29.9. The molecule has 2 amide bonds. The number of aryl methyl sites for hydroxylation is 1. The van der Waals surface area contributed by atoms with Crippen LogP contribution in [0.25, 0.3) is 0 Å². The summed E-state index contributed by atoms with van der Waals surface area (Å²) in [5.41, 5.74) is 3.12. The molecule has 0 fully saturated rings. The SMILES string of the molecule is CC[C@@H](C)NC(=O)[C@H](Cc1ccccc1)N(Cc1cccc(C)c1)C(=O)CN(c1ccccc1)S(=O)(=O)c1ccccc1. The molecular formula is C35H39N3O4S. The number of hydrogen-bond acceptors (Lipinski definition) is 4. The van der Waals surface area contributed by atoms with Crippen LogP contribution in [0.4, 0.5) is 5.69 Å². The molecule has 0 spiro atoms. The fourth-order valence-corrected chi connectivity index (χ4v) is 6.28. The second-order valence-electron chi connectivity index (χ2n) is 10.7. The Morgan fingerprint density at radius 1 is 0.791 bits per heavy atom. The van der Waals surface area contributed by atoms with E-state index in [2.05, 4.69) is 5.32 Å². The number of amides is 2. The Kier molecular flexibility index (Phi) is 10.7. The van der Waals surface area contributed by atoms with Crippen LogP contribution in [0.1, 0.15) is 37.0 Å². The molecular weight excluding hydrogens is 558 g/mol. The van der Waals surface area contributed by atoms with Crippen LogP contribution in [-0.4, -0.2) is 43.8 Å². The fraction of sp³-hybridized carbons (Fsp3) is 0.257. The molecule has 0 saturated carbocycles. The van der Waals surface area contributed by atoms with Crippen LogP contribution in [0.3, 0.4) is 0 Å². The van der Waals surface area contributed by atoms with Gasteiger partial charge in [-0.05, 0) is 55.7 Å². The lowest BCUT2D eigenvalue weighted by Crippen LogP contribution is -2.54. The Hall–Kier alpha value is -4.43. The normalized spacial score (nSPS) is 12.6. The number of anilines is 1. The summed E-state index contributed by atoms with van der Waals surface area (Å²) < 4.78 is 29.0. The van der Waals surface area contributed by atoms with E-state index in [9.17, 15) is 18.0 Å². The van der Waals surface area contributed by atoms with Crippen LogP contribution in [0.5, 0.6) is 0 Å². The molecule has 43 heavy (non-hydrogen) atoms. The topological polar surface area (TPSA) is 86.8 Å². The summed E-state index contributed by atoms with van der Waals surface area (Å²) >= 11 is 0. The third-order valence-electron chi connectivity index (χ3n) is 7.36. The highest BCUT2D eigenvalue weighted by atomic mass is 32.2. The average molecular weight is 598 g/mol. The molecule has 7 nitrogen and oxygen atoms in total. The van der Waals surface area contributed by atoms with Crippen molar-refractivity contribution in [3.05, 3.63) is 132 Å². The molecule has 0 bridgehead atoms. The van der Waals surface area contributed by atoms with Gasteiger partial charge >= 0.3 is 0 Å². The van der Waals surface area contributed by atoms with Crippen LogP contribution in [0.2, 0.25) is 0 Å². The van der Waals surface area contributed by atoms with Gasteiger partial charge in [0, 0.05) is 19.0 Å². The van der Waals surface area contributed by atoms with Crippen LogP contribution < -0.4 is 9.62 Å². The van der Waals surface area contributed by atoms with E-state index in [0.29, 0.717) is 5.69 Å². The van der Waals surface area contributed by atoms with Gasteiger partial charge in [0.05, 0.1) is 10.6 Å². The second-order valence-corrected chi connectivity index (χ2v) is 12.6. The number of sulfonamides is 1. The monoisotopic (exact) mass is 597 g/mol. The van der Waals surface area contributed by atoms with Gasteiger partial charge in [0.1, 0.15) is 12.6 Å². The molecule has 8 heteroatoms. The zero-order chi connectivity index (χ0) is 30.8. The van der Waals surface area contributed by atoms with Crippen LogP contribution in [0, 0.1) is 6.92 Å². The van der Waals surface area contributed by atoms with E-state index in [1.165, 1.54) is 17.0 Å². The minimum atomic E-state index is -4.10. The Bertz CT molecular complexity index is 1600. The van der Waals surface area contributed by atoms with Gasteiger partial charge < -0.3 is 10.2 Å². The third kappa shape index (κ3) is 8.32. The predicted octanol–water partition coefficient (Wildman–Crippen LogP) is 5.75. The maximum absolute atomic E-state index is 14.4. The first-order chi connectivity index (χ1) is 20.7. The zero-order valence-electron chi connectivity index (χ0n) is 24.9. The summed E-state index contributed by atoms with van der Waals surface area (Å²) in [6.45, 7) is 5.54. The summed E-state index contributed by atoms with van der Waals surface area (Å²) in [7, 11) is -4.10. The highest BCUT2D eigenvalue weighted by molar-refractivity contribution is 7.92. The van der Waals surface area contributed by atoms with Gasteiger partial charge in [-0.2, -0.15) is 0 Å². The fourth-order valence-electron chi connectivity index (χ4n) is 4.84. The van der Waals surface area contributed by atoms with Crippen molar-refractivity contribution >= 4 is 27.5 Å². The van der Waals surface area contributed by atoms with E-state index >= 15 is 0 Å². The van der Waals surface area contributed by atoms with E-state index in [1.807, 2.05) is 75.4 Å². The minimum absolute atomic E-state index is 0.0761. The Labute approximate surface area is 255 Å². The van der Waals surface area contributed by atoms with Gasteiger partial charge in [-0.1, -0.05) is 103 Å². The summed E-state index contributed by atoms with van der Waals surface area (Å²) in [6.07, 6.45) is 1.00. The first-order valence-electron chi connectivity index (χ1n) is 14.5. The molecule has 0 heterocycles. The first kappa shape index (κ1) is 31.5. The largest absolute Gasteiger partial charge is 0.352 e. The number of para-hydroxylation sites is 1. The number of nitrogens with one attached hydrogen (secondary N) is 1. The van der Waals surface area contributed by atoms with Crippen molar-refractivity contribution in [1.29, 1.82) is 0 Å². The maximum Gasteiger partial charge on any atom is 0.264 e. The highest BCUT2D eigenvalue weighted by Gasteiger charge is 2.34. The van der Waals surface area contributed by atoms with E-state index < -0.39 is 28.5 Å². The standard InChI is InChI=1S/C35H39N3O4S/c1-4-28(3)36-35(40)33(24-29-16-8-5-9-17-29)37(25-30-18-14-15-27(2)23-30)34(39)26-38(31-19-10-6-11-20-31)43(41,42)32-21-12-7-13-22-32/h5-23,28,33H,4,24-26H2,1-3H3,(H,36,40)/t28-,33+/m1/s1. The molecule has 0 radical (unpaired) electrons. The lowest BCUT2D eigenvalue weighted by atomic mass is 10.0. The van der Waals surface area contributed by atoms with Crippen molar-refractivity contribution in [1.82, 2.24) is 10.2 Å². The van der Waals surface area contributed by atoms with Crippen molar-refractivity contribution in [2.75, 3.05) is 10.8 Å². The number of nitrogens with zero attached hydrogens (tertiary/aromatic N) is 2. The van der Waals surface area contributed by atoms with E-state index in [-0.39, 0.29) is 29.8 Å². The average Bonchev–Trinajstić information content (AvgIpc) is 3.02. The molecule has 224 valence electrons. The van der Waals surface area contributed by atoms with E-state index in [0.717, 1.165) is 27.4 Å². The molecule has 0 aliphatic heterocycles. The quantitative estimate of drug-likeness (QED) is 0.213. The molecule has 0 unspecified atom stereocenters. The Morgan fingerprint density at radius 3 is 1.98 bits per heavy atom. The Morgan fingerprint density at radius 2 is 1.37 bits per heavy atom. The molecule has 0 aliphatic carbocycles. The van der Waals surface area contributed by atoms with E-state index in [1.54, 1.807) is 48.5 Å². The summed E-state index contributed by atoms with van der Waals surface area (Å²) in [5.74, 6) is -0.763. The third-order valence-corrected chi connectivity index (χ3v) is 9.15. The number of rotatable bonds is 13. The van der Waals surface area contributed by atoms with Gasteiger partial charge in [0.25, 0.3) is 10.0 Å². The van der Waals surface area contributed by atoms with Crippen molar-refractivity contribution in [3.63, 3.8) is 0 Å². The number of carbonyl (C=O) groups is 2. The number of carbonyl (C=O) groups excluding carboxylic acids is 2. The lowest BCUT2D eigenvalue weighted by Gasteiger charge is -2.34. The maximum atomic E-state index is 14.4. The van der Waals surface area contributed by atoms with Crippen molar-refractivity contribution < 1.29 is 18.0 Å². The minimum Gasteiger partial charge on any atom is -0.352 e. The molecule has 4 aromatic carbocycles. The molecule has 0 saturated heterocycles. The van der Waals surface area contributed by atoms with E-state index in [4.69, 9.17) is 0 Å². The number of benzene rings is 4. The number of hydrogen-bond donors (Lipinski definition) is 1. The molecule has 0 aliphatic rings. The molecule has 2 atom stereocenters. The van der Waals surface area contributed by atoms with Gasteiger partial charge in [-0.15, -0.1) is 0 Å². The second kappa shape index (κ2) is 14.6. The molecule has 1 N–H and O–H groups in total. The van der Waals surface area contributed by atoms with Gasteiger partial charge in [-0.3, -0.25) is 13.9 Å². The molecule has 4 rings (SSSR count). The molecule has 0 aromatic heterocycles. The zero-order valence-corrected chi connectivity index (χ0v) is 25.7. The van der Waals surface area contributed by atoms with Crippen LogP contribution >= 0.6 is 0 Å². The summed E-state index contributed by atoms with van der Waals surface area (Å²) in [5, 5.41) is 3.06.